The van der Waals surface area contributed by atoms with E-state index < -0.39 is 0 Å². The fourth-order valence-corrected chi connectivity index (χ4v) is 4.31. The Morgan fingerprint density at radius 2 is 1.81 bits per heavy atom. The third-order valence-corrected chi connectivity index (χ3v) is 5.67. The summed E-state index contributed by atoms with van der Waals surface area (Å²) in [7, 11) is 0. The minimum Gasteiger partial charge on any atom is -0.307 e. The molecule has 0 fully saturated rings. The summed E-state index contributed by atoms with van der Waals surface area (Å²) in [4.78, 5) is 5.03. The number of aryl methyl sites for hydroxylation is 1. The van der Waals surface area contributed by atoms with Crippen molar-refractivity contribution in [3.63, 3.8) is 0 Å². The summed E-state index contributed by atoms with van der Waals surface area (Å²) in [5.41, 5.74) is 10.7. The van der Waals surface area contributed by atoms with Crippen LogP contribution in [0.25, 0.3) is 17.3 Å². The average Bonchev–Trinajstić information content (AvgIpc) is 3.37. The van der Waals surface area contributed by atoms with Gasteiger partial charge in [-0.2, -0.15) is 0 Å². The molecule has 1 heterocycles. The summed E-state index contributed by atoms with van der Waals surface area (Å²) in [6.07, 6.45) is 9.12. The normalized spacial score (nSPS) is 14.4. The zero-order valence-electron chi connectivity index (χ0n) is 15.5. The number of benzene rings is 2. The van der Waals surface area contributed by atoms with E-state index in [1.807, 2.05) is 0 Å². The number of pyridine rings is 1. The van der Waals surface area contributed by atoms with Crippen LogP contribution in [0.4, 0.5) is 0 Å². The fraction of sp³-hybridized carbons (Fsp3) is 0.240. The zero-order valence-corrected chi connectivity index (χ0v) is 15.5. The number of hydrogen-bond donors (Lipinski definition) is 1. The lowest BCUT2D eigenvalue weighted by Crippen LogP contribution is -2.14. The van der Waals surface area contributed by atoms with Gasteiger partial charge in [0.05, 0.1) is 11.4 Å². The summed E-state index contributed by atoms with van der Waals surface area (Å²) in [5.74, 6) is 0. The maximum absolute atomic E-state index is 5.03. The van der Waals surface area contributed by atoms with E-state index in [9.17, 15) is 0 Å². The van der Waals surface area contributed by atoms with Gasteiger partial charge in [0.2, 0.25) is 0 Å². The molecule has 2 heteroatoms. The highest BCUT2D eigenvalue weighted by atomic mass is 14.9. The molecule has 2 aliphatic rings. The van der Waals surface area contributed by atoms with Gasteiger partial charge in [0, 0.05) is 18.7 Å². The van der Waals surface area contributed by atoms with Crippen molar-refractivity contribution in [2.45, 2.75) is 38.8 Å². The first-order valence-corrected chi connectivity index (χ1v) is 9.93. The molecule has 134 valence electrons. The summed E-state index contributed by atoms with van der Waals surface area (Å²) < 4.78 is 0. The average molecular weight is 352 g/mol. The molecule has 0 aliphatic heterocycles. The van der Waals surface area contributed by atoms with Gasteiger partial charge in [0.1, 0.15) is 0 Å². The van der Waals surface area contributed by atoms with Crippen LogP contribution in [-0.2, 0) is 32.4 Å². The van der Waals surface area contributed by atoms with E-state index in [2.05, 4.69) is 72.1 Å². The Labute approximate surface area is 161 Å². The van der Waals surface area contributed by atoms with Crippen LogP contribution in [0.3, 0.4) is 0 Å². The highest BCUT2D eigenvalue weighted by Gasteiger charge is 2.18. The second-order valence-electron chi connectivity index (χ2n) is 7.56. The highest BCUT2D eigenvalue weighted by molar-refractivity contribution is 5.66. The molecule has 27 heavy (non-hydrogen) atoms. The lowest BCUT2D eigenvalue weighted by molar-refractivity contribution is 0.679. The Morgan fingerprint density at radius 1 is 0.889 bits per heavy atom. The number of nitrogens with one attached hydrogen (secondary N) is 1. The molecule has 2 aliphatic carbocycles. The van der Waals surface area contributed by atoms with Gasteiger partial charge in [0.25, 0.3) is 0 Å². The Balaban J connectivity index is 1.34. The number of aromatic nitrogens is 1. The number of rotatable bonds is 5. The Kier molecular flexibility index (Phi) is 4.35. The molecule has 0 unspecified atom stereocenters. The first-order valence-electron chi connectivity index (χ1n) is 9.93. The smallest absolute Gasteiger partial charge is 0.0740 e. The van der Waals surface area contributed by atoms with Crippen LogP contribution in [0.5, 0.6) is 0 Å². The topological polar surface area (TPSA) is 24.9 Å². The van der Waals surface area contributed by atoms with Crippen molar-refractivity contribution in [3.8, 4) is 11.3 Å². The standard InChI is InChI=1S/C25H24N2/c1-2-6-20(7-3-1)25-24-11-5-10-22(24)15-23(27-25)17-26-16-18-12-13-19-8-4-9-21(19)14-18/h1-4,6-7,9,12-15,26H,5,8,10-11,16-17H2. The van der Waals surface area contributed by atoms with Crippen molar-refractivity contribution < 1.29 is 0 Å². The van der Waals surface area contributed by atoms with Crippen molar-refractivity contribution in [2.24, 2.45) is 0 Å². The van der Waals surface area contributed by atoms with Crippen molar-refractivity contribution in [1.82, 2.24) is 10.3 Å². The van der Waals surface area contributed by atoms with Gasteiger partial charge in [-0.3, -0.25) is 4.98 Å². The third kappa shape index (κ3) is 3.33. The van der Waals surface area contributed by atoms with Crippen LogP contribution in [0.15, 0.2) is 60.7 Å². The monoisotopic (exact) mass is 352 g/mol. The predicted octanol–water partition coefficient (Wildman–Crippen LogP) is 5.10. The third-order valence-electron chi connectivity index (χ3n) is 5.67. The molecule has 1 N–H and O–H groups in total. The van der Waals surface area contributed by atoms with Gasteiger partial charge < -0.3 is 5.32 Å². The van der Waals surface area contributed by atoms with Crippen molar-refractivity contribution in [3.05, 3.63) is 94.2 Å². The molecule has 0 saturated carbocycles. The lowest BCUT2D eigenvalue weighted by Gasteiger charge is -2.12. The summed E-state index contributed by atoms with van der Waals surface area (Å²) in [6, 6.07) is 19.7. The Hall–Kier alpha value is -2.71. The van der Waals surface area contributed by atoms with Gasteiger partial charge in [-0.05, 0) is 59.6 Å². The van der Waals surface area contributed by atoms with E-state index in [0.717, 1.165) is 31.6 Å². The molecular formula is C25H24N2. The first kappa shape index (κ1) is 16.5. The summed E-state index contributed by atoms with van der Waals surface area (Å²) >= 11 is 0. The molecule has 5 rings (SSSR count). The fourth-order valence-electron chi connectivity index (χ4n) is 4.31. The molecule has 0 saturated heterocycles. The van der Waals surface area contributed by atoms with Crippen molar-refractivity contribution in [2.75, 3.05) is 0 Å². The van der Waals surface area contributed by atoms with Gasteiger partial charge in [0.15, 0.2) is 0 Å². The molecule has 0 atom stereocenters. The van der Waals surface area contributed by atoms with E-state index in [1.165, 1.54) is 51.9 Å². The van der Waals surface area contributed by atoms with Gasteiger partial charge in [-0.25, -0.2) is 0 Å². The number of fused-ring (bicyclic) bond motifs is 2. The van der Waals surface area contributed by atoms with Gasteiger partial charge >= 0.3 is 0 Å². The minimum absolute atomic E-state index is 0.806. The largest absolute Gasteiger partial charge is 0.307 e. The van der Waals surface area contributed by atoms with Crippen LogP contribution in [0.2, 0.25) is 0 Å². The number of nitrogens with zero attached hydrogens (tertiary/aromatic N) is 1. The van der Waals surface area contributed by atoms with E-state index in [-0.39, 0.29) is 0 Å². The number of allylic oxidation sites excluding steroid dienone is 1. The highest BCUT2D eigenvalue weighted by Crippen LogP contribution is 2.31. The van der Waals surface area contributed by atoms with Crippen molar-refractivity contribution >= 4 is 6.08 Å². The molecule has 0 bridgehead atoms. The Morgan fingerprint density at radius 3 is 2.74 bits per heavy atom. The van der Waals surface area contributed by atoms with Crippen LogP contribution in [0.1, 0.15) is 39.9 Å². The van der Waals surface area contributed by atoms with Crippen LogP contribution in [-0.4, -0.2) is 4.98 Å². The van der Waals surface area contributed by atoms with Crippen LogP contribution in [0, 0.1) is 0 Å². The maximum atomic E-state index is 5.03. The van der Waals surface area contributed by atoms with E-state index in [4.69, 9.17) is 4.98 Å². The van der Waals surface area contributed by atoms with E-state index in [1.54, 1.807) is 0 Å². The Bertz CT molecular complexity index is 1000. The molecule has 0 amide bonds. The number of hydrogen-bond acceptors (Lipinski definition) is 2. The molecule has 1 aromatic heterocycles. The van der Waals surface area contributed by atoms with Crippen LogP contribution < -0.4 is 5.32 Å². The second-order valence-corrected chi connectivity index (χ2v) is 7.56. The zero-order chi connectivity index (χ0) is 18.1. The second kappa shape index (κ2) is 7.13. The quantitative estimate of drug-likeness (QED) is 0.691. The molecule has 2 nitrogen and oxygen atoms in total. The summed E-state index contributed by atoms with van der Waals surface area (Å²) in [5, 5.41) is 3.59. The SMILES string of the molecule is C1=Cc2cc(CNCc3cc4c(c(-c5ccccc5)n3)CCC4)ccc2C1. The molecule has 2 aromatic carbocycles. The predicted molar refractivity (Wildman–Crippen MR) is 111 cm³/mol. The molecule has 0 spiro atoms. The van der Waals surface area contributed by atoms with Gasteiger partial charge in [-0.15, -0.1) is 0 Å². The van der Waals surface area contributed by atoms with Crippen molar-refractivity contribution in [1.29, 1.82) is 0 Å². The first-order chi connectivity index (χ1) is 13.4. The lowest BCUT2D eigenvalue weighted by atomic mass is 10.0. The van der Waals surface area contributed by atoms with E-state index in [0.29, 0.717) is 0 Å². The van der Waals surface area contributed by atoms with Gasteiger partial charge in [-0.1, -0.05) is 60.7 Å². The summed E-state index contributed by atoms with van der Waals surface area (Å²) in [6.45, 7) is 1.68. The maximum Gasteiger partial charge on any atom is 0.0740 e. The molecule has 0 radical (unpaired) electrons. The molecular weight excluding hydrogens is 328 g/mol. The van der Waals surface area contributed by atoms with E-state index >= 15 is 0 Å². The molecule has 3 aromatic rings. The van der Waals surface area contributed by atoms with Crippen LogP contribution >= 0.6 is 0 Å². The minimum atomic E-state index is 0.806.